The van der Waals surface area contributed by atoms with Crippen molar-refractivity contribution in [3.8, 4) is 0 Å². The smallest absolute Gasteiger partial charge is 0.277 e. The van der Waals surface area contributed by atoms with E-state index < -0.39 is 0 Å². The molecule has 28 heavy (non-hydrogen) atoms. The van der Waals surface area contributed by atoms with Crippen molar-refractivity contribution in [1.82, 2.24) is 29.9 Å². The Balaban J connectivity index is 1.51. The molecule has 0 aliphatic carbocycles. The Morgan fingerprint density at radius 3 is 2.86 bits per heavy atom. The van der Waals surface area contributed by atoms with Crippen molar-refractivity contribution in [1.29, 1.82) is 0 Å². The SMILES string of the molecule is CCc1nc(C(=O)Nc2ccc(N3CCN[C@@H](C)C3)nn2)cn2cc(C)nc12. The van der Waals surface area contributed by atoms with Gasteiger partial charge in [0.05, 0.1) is 11.4 Å². The first kappa shape index (κ1) is 18.3. The second kappa shape index (κ2) is 7.51. The van der Waals surface area contributed by atoms with Crippen LogP contribution in [0, 0.1) is 6.92 Å². The molecule has 1 aliphatic heterocycles. The molecule has 146 valence electrons. The number of imidazole rings is 1. The van der Waals surface area contributed by atoms with Crippen LogP contribution >= 0.6 is 0 Å². The largest absolute Gasteiger partial charge is 0.352 e. The Hall–Kier alpha value is -3.07. The molecule has 0 unspecified atom stereocenters. The molecule has 2 N–H and O–H groups in total. The van der Waals surface area contributed by atoms with E-state index in [2.05, 4.69) is 42.6 Å². The van der Waals surface area contributed by atoms with E-state index in [9.17, 15) is 4.79 Å². The van der Waals surface area contributed by atoms with Crippen LogP contribution in [0.2, 0.25) is 0 Å². The number of carbonyl (C=O) groups is 1. The second-order valence-electron chi connectivity index (χ2n) is 7.07. The zero-order chi connectivity index (χ0) is 19.7. The lowest BCUT2D eigenvalue weighted by atomic mass is 10.2. The topological polar surface area (TPSA) is 100 Å². The summed E-state index contributed by atoms with van der Waals surface area (Å²) in [6.07, 6.45) is 4.27. The number of hydrogen-bond acceptors (Lipinski definition) is 7. The van der Waals surface area contributed by atoms with Crippen LogP contribution in [0.4, 0.5) is 11.6 Å². The quantitative estimate of drug-likeness (QED) is 0.706. The molecular formula is C19H24N8O. The van der Waals surface area contributed by atoms with Gasteiger partial charge in [-0.25, -0.2) is 9.97 Å². The first-order valence-electron chi connectivity index (χ1n) is 9.52. The van der Waals surface area contributed by atoms with Gasteiger partial charge >= 0.3 is 0 Å². The fourth-order valence-corrected chi connectivity index (χ4v) is 3.41. The van der Waals surface area contributed by atoms with E-state index in [1.54, 1.807) is 12.3 Å². The Labute approximate surface area is 163 Å². The number of nitrogens with one attached hydrogen (secondary N) is 2. The number of anilines is 2. The number of nitrogens with zero attached hydrogens (tertiary/aromatic N) is 6. The fraction of sp³-hybridized carbons (Fsp3) is 0.421. The van der Waals surface area contributed by atoms with Gasteiger partial charge in [-0.05, 0) is 32.4 Å². The van der Waals surface area contributed by atoms with Gasteiger partial charge in [0, 0.05) is 38.1 Å². The van der Waals surface area contributed by atoms with Crippen molar-refractivity contribution in [2.24, 2.45) is 0 Å². The summed E-state index contributed by atoms with van der Waals surface area (Å²) in [4.78, 5) is 23.8. The van der Waals surface area contributed by atoms with E-state index in [0.29, 0.717) is 24.0 Å². The number of fused-ring (bicyclic) bond motifs is 1. The van der Waals surface area contributed by atoms with Crippen molar-refractivity contribution in [3.63, 3.8) is 0 Å². The van der Waals surface area contributed by atoms with Gasteiger partial charge in [-0.1, -0.05) is 6.92 Å². The highest BCUT2D eigenvalue weighted by Crippen LogP contribution is 2.15. The minimum absolute atomic E-state index is 0.319. The fourth-order valence-electron chi connectivity index (χ4n) is 3.41. The molecule has 3 aromatic heterocycles. The first-order valence-corrected chi connectivity index (χ1v) is 9.52. The highest BCUT2D eigenvalue weighted by atomic mass is 16.2. The van der Waals surface area contributed by atoms with E-state index >= 15 is 0 Å². The molecule has 1 fully saturated rings. The van der Waals surface area contributed by atoms with Crippen LogP contribution in [-0.2, 0) is 6.42 Å². The van der Waals surface area contributed by atoms with Crippen LogP contribution in [-0.4, -0.2) is 56.1 Å². The molecule has 1 aliphatic rings. The number of aromatic nitrogens is 5. The molecule has 9 nitrogen and oxygen atoms in total. The molecule has 0 spiro atoms. The summed E-state index contributed by atoms with van der Waals surface area (Å²) < 4.78 is 1.84. The summed E-state index contributed by atoms with van der Waals surface area (Å²) in [5.74, 6) is 0.896. The van der Waals surface area contributed by atoms with Gasteiger partial charge in [-0.3, -0.25) is 4.79 Å². The molecule has 0 bridgehead atoms. The summed E-state index contributed by atoms with van der Waals surface area (Å²) in [6, 6.07) is 4.07. The van der Waals surface area contributed by atoms with Crippen molar-refractivity contribution in [3.05, 3.63) is 41.6 Å². The summed E-state index contributed by atoms with van der Waals surface area (Å²) >= 11 is 0. The molecule has 1 saturated heterocycles. The monoisotopic (exact) mass is 380 g/mol. The Kier molecular flexibility index (Phi) is 4.91. The van der Waals surface area contributed by atoms with E-state index in [1.807, 2.05) is 30.5 Å². The minimum Gasteiger partial charge on any atom is -0.352 e. The Bertz CT molecular complexity index is 997. The lowest BCUT2D eigenvalue weighted by molar-refractivity contribution is 0.102. The maximum absolute atomic E-state index is 12.7. The van der Waals surface area contributed by atoms with Gasteiger partial charge in [-0.15, -0.1) is 10.2 Å². The van der Waals surface area contributed by atoms with Crippen molar-refractivity contribution in [2.45, 2.75) is 33.2 Å². The summed E-state index contributed by atoms with van der Waals surface area (Å²) in [5.41, 5.74) is 2.78. The lowest BCUT2D eigenvalue weighted by Gasteiger charge is -2.32. The van der Waals surface area contributed by atoms with Crippen LogP contribution < -0.4 is 15.5 Å². The molecule has 0 aromatic carbocycles. The van der Waals surface area contributed by atoms with Crippen LogP contribution in [0.1, 0.15) is 35.7 Å². The van der Waals surface area contributed by atoms with E-state index in [0.717, 1.165) is 42.5 Å². The molecule has 3 aromatic rings. The Morgan fingerprint density at radius 1 is 1.29 bits per heavy atom. The zero-order valence-corrected chi connectivity index (χ0v) is 16.3. The van der Waals surface area contributed by atoms with Crippen molar-refractivity contribution in [2.75, 3.05) is 29.9 Å². The van der Waals surface area contributed by atoms with Crippen LogP contribution in [0.3, 0.4) is 0 Å². The normalized spacial score (nSPS) is 17.1. The van der Waals surface area contributed by atoms with E-state index in [4.69, 9.17) is 0 Å². The van der Waals surface area contributed by atoms with Crippen LogP contribution in [0.25, 0.3) is 5.65 Å². The average molecular weight is 380 g/mol. The summed E-state index contributed by atoms with van der Waals surface area (Å²) in [6.45, 7) is 8.75. The Morgan fingerprint density at radius 2 is 2.14 bits per heavy atom. The van der Waals surface area contributed by atoms with E-state index in [1.165, 1.54) is 0 Å². The molecule has 1 amide bonds. The van der Waals surface area contributed by atoms with Gasteiger partial charge in [-0.2, -0.15) is 0 Å². The number of aryl methyl sites for hydroxylation is 2. The number of hydrogen-bond donors (Lipinski definition) is 2. The molecule has 0 saturated carbocycles. The second-order valence-corrected chi connectivity index (χ2v) is 7.07. The predicted molar refractivity (Wildman–Crippen MR) is 107 cm³/mol. The third-order valence-electron chi connectivity index (χ3n) is 4.78. The standard InChI is InChI=1S/C19H24N8O/c1-4-14-18-21-13(3)10-27(18)11-15(22-14)19(28)23-16-5-6-17(25-24-16)26-8-7-20-12(2)9-26/h5-6,10-12,20H,4,7-9H2,1-3H3,(H,23,24,28)/t12-/m0/s1. The maximum Gasteiger partial charge on any atom is 0.277 e. The highest BCUT2D eigenvalue weighted by Gasteiger charge is 2.18. The first-order chi connectivity index (χ1) is 13.5. The number of rotatable bonds is 4. The van der Waals surface area contributed by atoms with Gasteiger partial charge in [0.15, 0.2) is 17.3 Å². The number of piperazine rings is 1. The van der Waals surface area contributed by atoms with Crippen LogP contribution in [0.5, 0.6) is 0 Å². The average Bonchev–Trinajstić information content (AvgIpc) is 3.08. The van der Waals surface area contributed by atoms with Gasteiger partial charge in [0.25, 0.3) is 5.91 Å². The molecule has 4 heterocycles. The highest BCUT2D eigenvalue weighted by molar-refractivity contribution is 6.02. The van der Waals surface area contributed by atoms with Gasteiger partial charge < -0.3 is 19.9 Å². The van der Waals surface area contributed by atoms with Crippen LogP contribution in [0.15, 0.2) is 24.5 Å². The molecule has 0 radical (unpaired) electrons. The minimum atomic E-state index is -0.319. The molecule has 4 rings (SSSR count). The van der Waals surface area contributed by atoms with E-state index in [-0.39, 0.29) is 5.91 Å². The van der Waals surface area contributed by atoms with Crippen molar-refractivity contribution < 1.29 is 4.79 Å². The third-order valence-corrected chi connectivity index (χ3v) is 4.78. The molecule has 1 atom stereocenters. The summed E-state index contributed by atoms with van der Waals surface area (Å²) in [5, 5.41) is 14.6. The van der Waals surface area contributed by atoms with Gasteiger partial charge in [0.1, 0.15) is 5.69 Å². The molecule has 9 heteroatoms. The maximum atomic E-state index is 12.7. The third kappa shape index (κ3) is 3.65. The summed E-state index contributed by atoms with van der Waals surface area (Å²) in [7, 11) is 0. The lowest BCUT2D eigenvalue weighted by Crippen LogP contribution is -2.49. The van der Waals surface area contributed by atoms with Gasteiger partial charge in [0.2, 0.25) is 0 Å². The number of amides is 1. The number of carbonyl (C=O) groups excluding carboxylic acids is 1. The molecular weight excluding hydrogens is 356 g/mol. The predicted octanol–water partition coefficient (Wildman–Crippen LogP) is 1.44. The van der Waals surface area contributed by atoms with Crippen molar-refractivity contribution >= 4 is 23.2 Å². The zero-order valence-electron chi connectivity index (χ0n) is 16.3.